The van der Waals surface area contributed by atoms with E-state index in [0.29, 0.717) is 0 Å². The Kier molecular flexibility index (Phi) is 6.92. The summed E-state index contributed by atoms with van der Waals surface area (Å²) in [5, 5.41) is 0. The molecule has 0 spiro atoms. The maximum Gasteiger partial charge on any atom is 0.410 e. The molecule has 1 unspecified atom stereocenters. The zero-order valence-electron chi connectivity index (χ0n) is 16.3. The molecule has 1 amide bonds. The van der Waals surface area contributed by atoms with Crippen LogP contribution in [-0.2, 0) is 4.74 Å². The number of halogens is 4. The Bertz CT molecular complexity index is 757. The average molecular weight is 417 g/mol. The van der Waals surface area contributed by atoms with Crippen LogP contribution in [0.15, 0.2) is 36.4 Å². The molecule has 160 valence electrons. The summed E-state index contributed by atoms with van der Waals surface area (Å²) in [7, 11) is 0. The van der Waals surface area contributed by atoms with Gasteiger partial charge in [-0.1, -0.05) is 6.08 Å². The lowest BCUT2D eigenvalue weighted by Crippen LogP contribution is -2.51. The van der Waals surface area contributed by atoms with Gasteiger partial charge in [0.2, 0.25) is 0 Å². The minimum absolute atomic E-state index is 0.0306. The zero-order valence-corrected chi connectivity index (χ0v) is 16.3. The first-order valence-electron chi connectivity index (χ1n) is 9.00. The molecule has 1 aromatic rings. The number of nitrogens with zero attached hydrogens (tertiary/aromatic N) is 1. The number of piperidine rings is 1. The van der Waals surface area contributed by atoms with Crippen LogP contribution in [0.5, 0.6) is 5.75 Å². The molecule has 29 heavy (non-hydrogen) atoms. The Hall–Kier alpha value is -2.58. The lowest BCUT2D eigenvalue weighted by Gasteiger charge is -2.37. The van der Waals surface area contributed by atoms with Crippen LogP contribution in [0.25, 0.3) is 0 Å². The first kappa shape index (κ1) is 22.7. The van der Waals surface area contributed by atoms with E-state index >= 15 is 0 Å². The van der Waals surface area contributed by atoms with E-state index in [1.54, 1.807) is 20.8 Å². The largest absolute Gasteiger partial charge is 0.444 e. The quantitative estimate of drug-likeness (QED) is 0.388. The summed E-state index contributed by atoms with van der Waals surface area (Å²) in [5.74, 6) is -5.09. The Morgan fingerprint density at radius 3 is 2.34 bits per heavy atom. The van der Waals surface area contributed by atoms with Gasteiger partial charge < -0.3 is 14.4 Å². The molecule has 1 aliphatic heterocycles. The fourth-order valence-corrected chi connectivity index (χ4v) is 2.78. The van der Waals surface area contributed by atoms with Crippen LogP contribution < -0.4 is 4.74 Å². The molecule has 1 fully saturated rings. The number of likely N-dealkylation sites (tertiary alicyclic amines) is 1. The predicted molar refractivity (Wildman–Crippen MR) is 97.4 cm³/mol. The fraction of sp³-hybridized carbons (Fsp3) is 0.500. The van der Waals surface area contributed by atoms with E-state index < -0.39 is 42.5 Å². The van der Waals surface area contributed by atoms with Crippen LogP contribution in [0.2, 0.25) is 0 Å². The molecule has 1 atom stereocenters. The van der Waals surface area contributed by atoms with Crippen molar-refractivity contribution in [2.45, 2.75) is 45.3 Å². The van der Waals surface area contributed by atoms with Crippen molar-refractivity contribution in [1.29, 1.82) is 0 Å². The molecule has 0 aliphatic carbocycles. The molecular formula is C20H23F4NO4. The molecule has 1 saturated heterocycles. The molecule has 0 radical (unpaired) electrons. The highest BCUT2D eigenvalue weighted by Gasteiger charge is 2.45. The van der Waals surface area contributed by atoms with Crippen molar-refractivity contribution in [1.82, 2.24) is 4.90 Å². The third-order valence-corrected chi connectivity index (χ3v) is 4.15. The number of ketones is 1. The van der Waals surface area contributed by atoms with Crippen molar-refractivity contribution in [3.05, 3.63) is 42.0 Å². The summed E-state index contributed by atoms with van der Waals surface area (Å²) in [5.41, 5.74) is -0.636. The van der Waals surface area contributed by atoms with Crippen LogP contribution in [-0.4, -0.2) is 48.0 Å². The van der Waals surface area contributed by atoms with Gasteiger partial charge in [-0.25, -0.2) is 13.6 Å². The van der Waals surface area contributed by atoms with Crippen LogP contribution >= 0.6 is 0 Å². The van der Waals surface area contributed by atoms with Crippen LogP contribution in [0, 0.1) is 5.92 Å². The van der Waals surface area contributed by atoms with Crippen molar-refractivity contribution in [3.8, 4) is 5.75 Å². The zero-order chi connectivity index (χ0) is 21.8. The Labute approximate surface area is 166 Å². The van der Waals surface area contributed by atoms with Crippen molar-refractivity contribution in [3.63, 3.8) is 0 Å². The second-order valence-corrected chi connectivity index (χ2v) is 7.68. The van der Waals surface area contributed by atoms with E-state index in [9.17, 15) is 27.2 Å². The number of carbonyl (C=O) groups excluding carboxylic acids is 2. The third kappa shape index (κ3) is 6.76. The summed E-state index contributed by atoms with van der Waals surface area (Å²) in [6, 6.07) is 4.93. The van der Waals surface area contributed by atoms with E-state index in [1.807, 2.05) is 0 Å². The number of hydrogen-bond acceptors (Lipinski definition) is 4. The monoisotopic (exact) mass is 417 g/mol. The highest BCUT2D eigenvalue weighted by Crippen LogP contribution is 2.34. The fourth-order valence-electron chi connectivity index (χ4n) is 2.78. The predicted octanol–water partition coefficient (Wildman–Crippen LogP) is 4.92. The second kappa shape index (κ2) is 8.84. The topological polar surface area (TPSA) is 55.8 Å². The van der Waals surface area contributed by atoms with E-state index in [-0.39, 0.29) is 24.3 Å². The van der Waals surface area contributed by atoms with Crippen molar-refractivity contribution >= 4 is 11.9 Å². The summed E-state index contributed by atoms with van der Waals surface area (Å²) in [4.78, 5) is 25.1. The van der Waals surface area contributed by atoms with E-state index in [1.165, 1.54) is 24.3 Å². The normalized spacial score (nSPS) is 19.4. The van der Waals surface area contributed by atoms with Crippen molar-refractivity contribution < 1.29 is 36.6 Å². The van der Waals surface area contributed by atoms with Gasteiger partial charge in [0.05, 0.1) is 6.54 Å². The Balaban J connectivity index is 1.98. The maximum absolute atomic E-state index is 14.4. The molecule has 1 aliphatic rings. The smallest absolute Gasteiger partial charge is 0.410 e. The summed E-state index contributed by atoms with van der Waals surface area (Å²) >= 11 is 0. The van der Waals surface area contributed by atoms with Gasteiger partial charge >= 0.3 is 12.7 Å². The van der Waals surface area contributed by atoms with Gasteiger partial charge in [-0.15, -0.1) is 0 Å². The third-order valence-electron chi connectivity index (χ3n) is 4.15. The molecule has 9 heteroatoms. The number of benzene rings is 1. The van der Waals surface area contributed by atoms with Crippen LogP contribution in [0.3, 0.4) is 0 Å². The van der Waals surface area contributed by atoms with E-state index in [2.05, 4.69) is 4.74 Å². The number of allylic oxidation sites excluding steroid dienone is 2. The molecule has 0 bridgehead atoms. The first-order valence-corrected chi connectivity index (χ1v) is 9.00. The van der Waals surface area contributed by atoms with Crippen molar-refractivity contribution in [2.24, 2.45) is 5.92 Å². The SMILES string of the molecule is CC(C)(C)OC(=O)N1CCC(/C=C/C(=O)c2ccc(OC(F)F)cc2)C(F)(F)C1. The Morgan fingerprint density at radius 1 is 1.21 bits per heavy atom. The molecular weight excluding hydrogens is 394 g/mol. The number of alkyl halides is 4. The van der Waals surface area contributed by atoms with Gasteiger partial charge in [-0.3, -0.25) is 4.79 Å². The number of carbonyl (C=O) groups is 2. The molecule has 1 aromatic carbocycles. The second-order valence-electron chi connectivity index (χ2n) is 7.68. The number of amides is 1. The van der Waals surface area contributed by atoms with E-state index in [0.717, 1.165) is 17.1 Å². The maximum atomic E-state index is 14.4. The number of rotatable bonds is 5. The standard InChI is InChI=1S/C20H23F4NO4/c1-19(2,3)29-18(27)25-11-10-14(20(23,24)12-25)6-9-16(26)13-4-7-15(8-5-13)28-17(21)22/h4-9,14,17H,10-12H2,1-3H3/b9-6+. The number of ether oxygens (including phenoxy) is 2. The summed E-state index contributed by atoms with van der Waals surface area (Å²) in [6.45, 7) is 1.24. The molecule has 5 nitrogen and oxygen atoms in total. The van der Waals surface area contributed by atoms with Gasteiger partial charge in [-0.2, -0.15) is 8.78 Å². The molecule has 0 aromatic heterocycles. The van der Waals surface area contributed by atoms with Gasteiger partial charge in [-0.05, 0) is 57.5 Å². The van der Waals surface area contributed by atoms with Gasteiger partial charge in [0.1, 0.15) is 11.4 Å². The molecule has 2 rings (SSSR count). The van der Waals surface area contributed by atoms with Gasteiger partial charge in [0.25, 0.3) is 5.92 Å². The minimum atomic E-state index is -3.22. The van der Waals surface area contributed by atoms with Crippen LogP contribution in [0.4, 0.5) is 22.4 Å². The van der Waals surface area contributed by atoms with Crippen molar-refractivity contribution in [2.75, 3.05) is 13.1 Å². The van der Waals surface area contributed by atoms with Gasteiger partial charge in [0, 0.05) is 18.0 Å². The lowest BCUT2D eigenvalue weighted by atomic mass is 9.92. The summed E-state index contributed by atoms with van der Waals surface area (Å²) < 4.78 is 62.5. The highest BCUT2D eigenvalue weighted by molar-refractivity contribution is 6.04. The van der Waals surface area contributed by atoms with Gasteiger partial charge in [0.15, 0.2) is 5.78 Å². The van der Waals surface area contributed by atoms with E-state index in [4.69, 9.17) is 4.74 Å². The Morgan fingerprint density at radius 2 is 1.83 bits per heavy atom. The lowest BCUT2D eigenvalue weighted by molar-refractivity contribution is -0.0952. The molecule has 0 saturated carbocycles. The molecule has 1 heterocycles. The first-order chi connectivity index (χ1) is 13.4. The molecule has 0 N–H and O–H groups in total. The average Bonchev–Trinajstić information content (AvgIpc) is 2.58. The van der Waals surface area contributed by atoms with Crippen LogP contribution in [0.1, 0.15) is 37.6 Å². The highest BCUT2D eigenvalue weighted by atomic mass is 19.3. The number of hydrogen-bond donors (Lipinski definition) is 0. The summed E-state index contributed by atoms with van der Waals surface area (Å²) in [6.07, 6.45) is 1.32. The minimum Gasteiger partial charge on any atom is -0.444 e.